The summed E-state index contributed by atoms with van der Waals surface area (Å²) in [5, 5.41) is 8.99. The minimum absolute atomic E-state index is 0.152. The van der Waals surface area contributed by atoms with Crippen molar-refractivity contribution in [3.8, 4) is 0 Å². The molecule has 1 fully saturated rings. The average Bonchev–Trinajstić information content (AvgIpc) is 2.79. The van der Waals surface area contributed by atoms with Gasteiger partial charge in [0.25, 0.3) is 0 Å². The summed E-state index contributed by atoms with van der Waals surface area (Å²) in [6, 6.07) is 0. The van der Waals surface area contributed by atoms with Crippen LogP contribution in [0.2, 0.25) is 0 Å². The lowest BCUT2D eigenvalue weighted by Gasteiger charge is -2.34. The SMILES string of the molecule is CC(C)=CCC/C(C)=C/CC/C(C)=C/C1(C/C(C)=C/CC/C(C)=C/CC/C(C)=C/CO)SCCCS1. The Morgan fingerprint density at radius 2 is 1.06 bits per heavy atom. The van der Waals surface area contributed by atoms with Gasteiger partial charge in [-0.15, -0.1) is 23.5 Å². The fourth-order valence-electron chi connectivity index (χ4n) is 4.42. The fourth-order valence-corrected chi connectivity index (χ4v) is 7.94. The van der Waals surface area contributed by atoms with E-state index in [-0.39, 0.29) is 10.7 Å². The molecule has 0 atom stereocenters. The summed E-state index contributed by atoms with van der Waals surface area (Å²) in [5.74, 6) is 2.55. The van der Waals surface area contributed by atoms with Gasteiger partial charge in [-0.1, -0.05) is 69.9 Å². The van der Waals surface area contributed by atoms with Crippen molar-refractivity contribution < 1.29 is 5.11 Å². The van der Waals surface area contributed by atoms with Crippen molar-refractivity contribution in [1.82, 2.24) is 0 Å². The van der Waals surface area contributed by atoms with Crippen LogP contribution in [0.5, 0.6) is 0 Å². The third-order valence-corrected chi connectivity index (χ3v) is 9.79. The Bertz CT molecular complexity index is 813. The molecule has 0 aromatic rings. The van der Waals surface area contributed by atoms with E-state index < -0.39 is 0 Å². The van der Waals surface area contributed by atoms with Crippen LogP contribution in [0.15, 0.2) is 69.9 Å². The van der Waals surface area contributed by atoms with Gasteiger partial charge in [-0.25, -0.2) is 0 Å². The van der Waals surface area contributed by atoms with Crippen molar-refractivity contribution in [3.05, 3.63) is 69.9 Å². The average molecular weight is 531 g/mol. The standard InChI is InChI=1S/C33H54OS2/c1-27(2)13-8-14-28(3)16-10-19-31(6)25-33(35-23-12-24-36-33)26-32(7)20-11-17-29(4)15-9-18-30(5)21-22-34/h13,15-16,20-21,25,34H,8-12,14,17-19,22-24,26H2,1-7H3/b28-16+,29-15+,30-21+,31-25+,32-20+. The summed E-state index contributed by atoms with van der Waals surface area (Å²) in [6.07, 6.45) is 25.7. The first-order valence-electron chi connectivity index (χ1n) is 14.0. The third kappa shape index (κ3) is 16.0. The largest absolute Gasteiger partial charge is 0.392 e. The molecule has 0 aromatic carbocycles. The van der Waals surface area contributed by atoms with Gasteiger partial charge in [0.05, 0.1) is 10.7 Å². The van der Waals surface area contributed by atoms with E-state index in [0.29, 0.717) is 0 Å². The third-order valence-electron chi connectivity index (χ3n) is 6.60. The highest BCUT2D eigenvalue weighted by Gasteiger charge is 2.31. The summed E-state index contributed by atoms with van der Waals surface area (Å²) in [6.45, 7) is 15.8. The summed E-state index contributed by atoms with van der Waals surface area (Å²) >= 11 is 4.34. The van der Waals surface area contributed by atoms with Crippen LogP contribution in [-0.2, 0) is 0 Å². The Balaban J connectivity index is 2.63. The second-order valence-electron chi connectivity index (χ2n) is 10.9. The van der Waals surface area contributed by atoms with E-state index in [9.17, 15) is 0 Å². The van der Waals surface area contributed by atoms with Gasteiger partial charge in [0, 0.05) is 0 Å². The zero-order chi connectivity index (χ0) is 26.8. The Hall–Kier alpha value is -0.900. The molecule has 0 aliphatic carbocycles. The Labute approximate surface area is 232 Å². The molecule has 0 spiro atoms. The molecule has 0 amide bonds. The van der Waals surface area contributed by atoms with E-state index in [4.69, 9.17) is 5.11 Å². The lowest BCUT2D eigenvalue weighted by atomic mass is 10.0. The quantitative estimate of drug-likeness (QED) is 0.200. The number of allylic oxidation sites excluding steroid dienone is 10. The number of rotatable bonds is 16. The number of aliphatic hydroxyl groups is 1. The first kappa shape index (κ1) is 33.1. The van der Waals surface area contributed by atoms with E-state index in [0.717, 1.165) is 38.5 Å². The molecule has 1 aliphatic heterocycles. The molecular weight excluding hydrogens is 476 g/mol. The van der Waals surface area contributed by atoms with Crippen LogP contribution in [0.3, 0.4) is 0 Å². The minimum atomic E-state index is 0.152. The van der Waals surface area contributed by atoms with Crippen LogP contribution >= 0.6 is 23.5 Å². The van der Waals surface area contributed by atoms with Gasteiger partial charge in [-0.3, -0.25) is 0 Å². The van der Waals surface area contributed by atoms with Crippen molar-refractivity contribution in [1.29, 1.82) is 0 Å². The van der Waals surface area contributed by atoms with Crippen LogP contribution in [-0.4, -0.2) is 27.3 Å². The summed E-state index contributed by atoms with van der Waals surface area (Å²) in [4.78, 5) is 0. The van der Waals surface area contributed by atoms with Crippen molar-refractivity contribution in [3.63, 3.8) is 0 Å². The van der Waals surface area contributed by atoms with Crippen molar-refractivity contribution in [2.45, 2.75) is 117 Å². The monoisotopic (exact) mass is 530 g/mol. The van der Waals surface area contributed by atoms with Gasteiger partial charge in [0.2, 0.25) is 0 Å². The molecule has 0 radical (unpaired) electrons. The van der Waals surface area contributed by atoms with Crippen LogP contribution in [0, 0.1) is 0 Å². The van der Waals surface area contributed by atoms with Crippen molar-refractivity contribution in [2.24, 2.45) is 0 Å². The summed E-state index contributed by atoms with van der Waals surface area (Å²) < 4.78 is 0.215. The van der Waals surface area contributed by atoms with E-state index in [1.807, 2.05) is 6.08 Å². The molecule has 0 bridgehead atoms. The fraction of sp³-hybridized carbons (Fsp3) is 0.636. The molecule has 1 N–H and O–H groups in total. The molecule has 1 heterocycles. The smallest absolute Gasteiger partial charge is 0.0830 e. The van der Waals surface area contributed by atoms with Crippen LogP contribution in [0.4, 0.5) is 0 Å². The van der Waals surface area contributed by atoms with Crippen LogP contribution < -0.4 is 0 Å². The zero-order valence-corrected chi connectivity index (χ0v) is 26.1. The van der Waals surface area contributed by atoms with E-state index in [2.05, 4.69) is 102 Å². The van der Waals surface area contributed by atoms with Gasteiger partial charge in [0.1, 0.15) is 0 Å². The first-order valence-corrected chi connectivity index (χ1v) is 16.0. The topological polar surface area (TPSA) is 20.2 Å². The Morgan fingerprint density at radius 3 is 1.56 bits per heavy atom. The maximum Gasteiger partial charge on any atom is 0.0830 e. The molecule has 3 heteroatoms. The molecule has 0 aromatic heterocycles. The molecule has 36 heavy (non-hydrogen) atoms. The second-order valence-corrected chi connectivity index (χ2v) is 14.0. The number of thioether (sulfide) groups is 2. The highest BCUT2D eigenvalue weighted by atomic mass is 32.2. The highest BCUT2D eigenvalue weighted by Crippen LogP contribution is 2.48. The van der Waals surface area contributed by atoms with Crippen molar-refractivity contribution >= 4 is 23.5 Å². The molecular formula is C33H54OS2. The molecule has 1 nitrogen and oxygen atoms in total. The Morgan fingerprint density at radius 1 is 0.611 bits per heavy atom. The lowest BCUT2D eigenvalue weighted by Crippen LogP contribution is -2.23. The number of hydrogen-bond donors (Lipinski definition) is 1. The normalized spacial score (nSPS) is 17.9. The minimum Gasteiger partial charge on any atom is -0.392 e. The highest BCUT2D eigenvalue weighted by molar-refractivity contribution is 8.19. The summed E-state index contributed by atoms with van der Waals surface area (Å²) in [5.41, 5.74) is 8.78. The van der Waals surface area contributed by atoms with Gasteiger partial charge >= 0.3 is 0 Å². The molecule has 0 saturated carbocycles. The van der Waals surface area contributed by atoms with Gasteiger partial charge in [-0.05, 0) is 124 Å². The zero-order valence-electron chi connectivity index (χ0n) is 24.4. The predicted molar refractivity (Wildman–Crippen MR) is 169 cm³/mol. The first-order chi connectivity index (χ1) is 17.2. The molecule has 1 aliphatic rings. The number of aliphatic hydroxyl groups excluding tert-OH is 1. The predicted octanol–water partition coefficient (Wildman–Crippen LogP) is 10.8. The second kappa shape index (κ2) is 19.2. The maximum absolute atomic E-state index is 8.99. The molecule has 0 unspecified atom stereocenters. The molecule has 204 valence electrons. The van der Waals surface area contributed by atoms with E-state index in [1.54, 1.807) is 5.57 Å². The van der Waals surface area contributed by atoms with Gasteiger partial charge in [-0.2, -0.15) is 0 Å². The van der Waals surface area contributed by atoms with E-state index in [1.165, 1.54) is 65.1 Å². The van der Waals surface area contributed by atoms with Gasteiger partial charge < -0.3 is 5.11 Å². The van der Waals surface area contributed by atoms with Crippen LogP contribution in [0.25, 0.3) is 0 Å². The van der Waals surface area contributed by atoms with Crippen LogP contribution in [0.1, 0.15) is 113 Å². The maximum atomic E-state index is 8.99. The van der Waals surface area contributed by atoms with Gasteiger partial charge in [0.15, 0.2) is 0 Å². The van der Waals surface area contributed by atoms with Crippen molar-refractivity contribution in [2.75, 3.05) is 18.1 Å². The number of hydrogen-bond acceptors (Lipinski definition) is 3. The molecule has 1 rings (SSSR count). The van der Waals surface area contributed by atoms with E-state index >= 15 is 0 Å². The molecule has 1 saturated heterocycles. The Kier molecular flexibility index (Phi) is 17.7. The summed E-state index contributed by atoms with van der Waals surface area (Å²) in [7, 11) is 0. The lowest BCUT2D eigenvalue weighted by molar-refractivity contribution is 0.341.